The van der Waals surface area contributed by atoms with E-state index in [0.717, 1.165) is 22.3 Å². The molecule has 1 amide bonds. The Bertz CT molecular complexity index is 1410. The number of rotatable bonds is 8. The third-order valence-corrected chi connectivity index (χ3v) is 5.89. The summed E-state index contributed by atoms with van der Waals surface area (Å²) in [5.41, 5.74) is 3.88. The van der Waals surface area contributed by atoms with E-state index in [-0.39, 0.29) is 31.1 Å². The average Bonchev–Trinajstić information content (AvgIpc) is 2.87. The minimum Gasteiger partial charge on any atom is -0.392 e. The number of amides is 1. The molecule has 1 aromatic heterocycles. The van der Waals surface area contributed by atoms with Crippen LogP contribution in [0, 0.1) is 19.7 Å². The molecule has 0 aliphatic carbocycles. The van der Waals surface area contributed by atoms with Gasteiger partial charge in [-0.1, -0.05) is 41.9 Å². The minimum atomic E-state index is -0.821. The summed E-state index contributed by atoms with van der Waals surface area (Å²) in [6.45, 7) is 4.53. The predicted octanol–water partition coefficient (Wildman–Crippen LogP) is 4.00. The highest BCUT2D eigenvalue weighted by Gasteiger charge is 2.14. The lowest BCUT2D eigenvalue weighted by Crippen LogP contribution is -2.39. The lowest BCUT2D eigenvalue weighted by molar-refractivity contribution is 0.0914. The fourth-order valence-corrected chi connectivity index (χ4v) is 4.05. The number of hydrogen-bond donors (Lipinski definition) is 5. The second kappa shape index (κ2) is 13.8. The second-order valence-electron chi connectivity index (χ2n) is 9.00. The number of aryl methyl sites for hydroxylation is 2. The molecular weight excluding hydrogens is 509 g/mol. The lowest BCUT2D eigenvalue weighted by atomic mass is 10.1. The van der Waals surface area contributed by atoms with Crippen LogP contribution in [0.15, 0.2) is 71.7 Å². The molecule has 200 valence electrons. The van der Waals surface area contributed by atoms with Gasteiger partial charge in [-0.15, -0.1) is 0 Å². The van der Waals surface area contributed by atoms with Crippen molar-refractivity contribution in [3.8, 4) is 0 Å². The van der Waals surface area contributed by atoms with Crippen molar-refractivity contribution in [2.45, 2.75) is 33.1 Å². The summed E-state index contributed by atoms with van der Waals surface area (Å²) in [7, 11) is 0. The Hall–Kier alpha value is -3.56. The monoisotopic (exact) mass is 539 g/mol. The number of carbonyl (C=O) groups excluding carboxylic acids is 1. The minimum absolute atomic E-state index is 0.000603. The molecule has 0 aliphatic rings. The Labute approximate surface area is 225 Å². The molecule has 0 aliphatic heterocycles. The highest BCUT2D eigenvalue weighted by molar-refractivity contribution is 6.31. The molecular formula is C29H31ClFN3O4. The summed E-state index contributed by atoms with van der Waals surface area (Å²) in [5.74, 6) is -0.703. The first kappa shape index (κ1) is 29.0. The number of aliphatic hydroxyl groups excluding tert-OH is 2. The van der Waals surface area contributed by atoms with Crippen LogP contribution in [0.5, 0.6) is 0 Å². The number of fused-ring (bicyclic) bond motifs is 1. The SMILES string of the molecule is Cc1cc(C)cc(F)c1.O=C(NCC(O)CNCc1cccc(CO)c1)c1c[nH]c2cc(Cl)ccc2c1=O. The van der Waals surface area contributed by atoms with Gasteiger partial charge in [-0.05, 0) is 66.4 Å². The van der Waals surface area contributed by atoms with Crippen molar-refractivity contribution in [2.75, 3.05) is 13.1 Å². The van der Waals surface area contributed by atoms with Crippen molar-refractivity contribution >= 4 is 28.4 Å². The van der Waals surface area contributed by atoms with E-state index >= 15 is 0 Å². The van der Waals surface area contributed by atoms with Gasteiger partial charge in [0, 0.05) is 36.2 Å². The van der Waals surface area contributed by atoms with E-state index in [1.54, 1.807) is 18.2 Å². The first-order valence-corrected chi connectivity index (χ1v) is 12.4. The van der Waals surface area contributed by atoms with Crippen LogP contribution in [0.3, 0.4) is 0 Å². The number of carbonyl (C=O) groups is 1. The number of aliphatic hydroxyl groups is 2. The van der Waals surface area contributed by atoms with E-state index < -0.39 is 17.4 Å². The standard InChI is InChI=1S/C21H22ClN3O4.C8H9F/c22-15-4-5-17-19(7-15)24-11-18(20(17)28)21(29)25-10-16(27)9-23-8-13-2-1-3-14(6-13)12-26;1-6-3-7(2)5-8(9)4-6/h1-7,11,16,23,26-27H,8-10,12H2,(H,24,28)(H,25,29);3-5H,1-2H3. The number of benzene rings is 3. The van der Waals surface area contributed by atoms with Crippen molar-refractivity contribution in [2.24, 2.45) is 0 Å². The summed E-state index contributed by atoms with van der Waals surface area (Å²) in [5, 5.41) is 25.8. The van der Waals surface area contributed by atoms with Crippen LogP contribution in [-0.4, -0.2) is 40.3 Å². The Morgan fingerprint density at radius 3 is 2.42 bits per heavy atom. The van der Waals surface area contributed by atoms with Crippen LogP contribution in [-0.2, 0) is 13.2 Å². The van der Waals surface area contributed by atoms with E-state index in [1.165, 1.54) is 18.3 Å². The third-order valence-electron chi connectivity index (χ3n) is 5.66. The molecule has 1 unspecified atom stereocenters. The fraction of sp³-hybridized carbons (Fsp3) is 0.241. The van der Waals surface area contributed by atoms with E-state index in [0.29, 0.717) is 22.5 Å². The molecule has 3 aromatic carbocycles. The number of hydrogen-bond acceptors (Lipinski definition) is 5. The maximum Gasteiger partial charge on any atom is 0.256 e. The molecule has 1 atom stereocenters. The highest BCUT2D eigenvalue weighted by Crippen LogP contribution is 2.15. The number of nitrogens with one attached hydrogen (secondary N) is 3. The van der Waals surface area contributed by atoms with E-state index in [4.69, 9.17) is 16.7 Å². The first-order valence-electron chi connectivity index (χ1n) is 12.1. The lowest BCUT2D eigenvalue weighted by Gasteiger charge is -2.13. The van der Waals surface area contributed by atoms with Crippen molar-refractivity contribution in [3.05, 3.63) is 116 Å². The third kappa shape index (κ3) is 8.49. The van der Waals surface area contributed by atoms with Crippen LogP contribution in [0.2, 0.25) is 5.02 Å². The van der Waals surface area contributed by atoms with Gasteiger partial charge in [0.25, 0.3) is 5.91 Å². The molecule has 4 rings (SSSR count). The van der Waals surface area contributed by atoms with Crippen LogP contribution < -0.4 is 16.1 Å². The number of H-pyrrole nitrogens is 1. The summed E-state index contributed by atoms with van der Waals surface area (Å²) in [6.07, 6.45) is 0.521. The van der Waals surface area contributed by atoms with Crippen molar-refractivity contribution < 1.29 is 19.4 Å². The number of halogens is 2. The van der Waals surface area contributed by atoms with Gasteiger partial charge in [0.2, 0.25) is 5.43 Å². The fourth-order valence-electron chi connectivity index (χ4n) is 3.88. The van der Waals surface area contributed by atoms with Crippen LogP contribution in [0.4, 0.5) is 4.39 Å². The average molecular weight is 540 g/mol. The molecule has 0 bridgehead atoms. The topological polar surface area (TPSA) is 114 Å². The van der Waals surface area contributed by atoms with Crippen LogP contribution >= 0.6 is 11.6 Å². The molecule has 0 saturated carbocycles. The maximum absolute atomic E-state index is 12.5. The quantitative estimate of drug-likeness (QED) is 0.232. The Balaban J connectivity index is 0.000000375. The highest BCUT2D eigenvalue weighted by atomic mass is 35.5. The Kier molecular flexibility index (Phi) is 10.6. The molecule has 0 radical (unpaired) electrons. The zero-order chi connectivity index (χ0) is 27.7. The largest absolute Gasteiger partial charge is 0.392 e. The van der Waals surface area contributed by atoms with Gasteiger partial charge in [-0.25, -0.2) is 4.39 Å². The van der Waals surface area contributed by atoms with Gasteiger partial charge in [-0.2, -0.15) is 0 Å². The van der Waals surface area contributed by atoms with E-state index in [9.17, 15) is 19.1 Å². The van der Waals surface area contributed by atoms with Gasteiger partial charge in [-0.3, -0.25) is 9.59 Å². The van der Waals surface area contributed by atoms with Crippen molar-refractivity contribution in [1.29, 1.82) is 0 Å². The normalized spacial score (nSPS) is 11.5. The molecule has 9 heteroatoms. The molecule has 4 aromatic rings. The number of aromatic amines is 1. The zero-order valence-electron chi connectivity index (χ0n) is 21.2. The van der Waals surface area contributed by atoms with Gasteiger partial charge in [0.1, 0.15) is 11.4 Å². The van der Waals surface area contributed by atoms with E-state index in [1.807, 2.05) is 44.2 Å². The number of aromatic nitrogens is 1. The first-order chi connectivity index (χ1) is 18.2. The smallest absolute Gasteiger partial charge is 0.256 e. The Morgan fingerprint density at radius 1 is 1.03 bits per heavy atom. The zero-order valence-corrected chi connectivity index (χ0v) is 22.0. The van der Waals surface area contributed by atoms with Gasteiger partial charge in [0.15, 0.2) is 0 Å². The molecule has 0 spiro atoms. The summed E-state index contributed by atoms with van der Waals surface area (Å²) >= 11 is 5.91. The summed E-state index contributed by atoms with van der Waals surface area (Å²) in [6, 6.07) is 17.2. The van der Waals surface area contributed by atoms with Crippen molar-refractivity contribution in [1.82, 2.24) is 15.6 Å². The molecule has 1 heterocycles. The molecule has 5 N–H and O–H groups in total. The Morgan fingerprint density at radius 2 is 1.74 bits per heavy atom. The van der Waals surface area contributed by atoms with E-state index in [2.05, 4.69) is 15.6 Å². The van der Waals surface area contributed by atoms with Gasteiger partial charge in [0.05, 0.1) is 18.2 Å². The van der Waals surface area contributed by atoms with Gasteiger partial charge < -0.3 is 25.8 Å². The maximum atomic E-state index is 12.5. The van der Waals surface area contributed by atoms with Crippen LogP contribution in [0.1, 0.15) is 32.6 Å². The molecule has 7 nitrogen and oxygen atoms in total. The molecule has 0 saturated heterocycles. The number of pyridine rings is 1. The van der Waals surface area contributed by atoms with Gasteiger partial charge >= 0.3 is 0 Å². The second-order valence-corrected chi connectivity index (χ2v) is 9.44. The summed E-state index contributed by atoms with van der Waals surface area (Å²) in [4.78, 5) is 27.7. The summed E-state index contributed by atoms with van der Waals surface area (Å²) < 4.78 is 12.4. The van der Waals surface area contributed by atoms with Crippen LogP contribution in [0.25, 0.3) is 10.9 Å². The molecule has 38 heavy (non-hydrogen) atoms. The molecule has 0 fully saturated rings. The van der Waals surface area contributed by atoms with Crippen molar-refractivity contribution in [3.63, 3.8) is 0 Å². The predicted molar refractivity (Wildman–Crippen MR) is 148 cm³/mol.